The zero-order valence-electron chi connectivity index (χ0n) is 11.2. The van der Waals surface area contributed by atoms with Crippen LogP contribution in [0.5, 0.6) is 5.75 Å². The Hall–Kier alpha value is -2.15. The van der Waals surface area contributed by atoms with Crippen LogP contribution in [0.2, 0.25) is 0 Å². The lowest BCUT2D eigenvalue weighted by molar-refractivity contribution is -0.385. The van der Waals surface area contributed by atoms with E-state index < -0.39 is 11.0 Å². The molecule has 20 heavy (non-hydrogen) atoms. The van der Waals surface area contributed by atoms with Gasteiger partial charge in [0.25, 0.3) is 5.91 Å². The summed E-state index contributed by atoms with van der Waals surface area (Å²) in [4.78, 5) is 21.7. The van der Waals surface area contributed by atoms with Gasteiger partial charge in [-0.15, -0.1) is 0 Å². The lowest BCUT2D eigenvalue weighted by Crippen LogP contribution is -2.31. The van der Waals surface area contributed by atoms with Crippen LogP contribution in [-0.2, 0) is 4.79 Å². The minimum atomic E-state index is -0.565. The summed E-state index contributed by atoms with van der Waals surface area (Å²) >= 11 is 0. The summed E-state index contributed by atoms with van der Waals surface area (Å²) in [6.45, 7) is 1.89. The Morgan fingerprint density at radius 2 is 2.20 bits per heavy atom. The molecule has 0 aromatic heterocycles. The first kappa shape index (κ1) is 15.9. The minimum absolute atomic E-state index is 0.0567. The van der Waals surface area contributed by atoms with Crippen LogP contribution in [0.25, 0.3) is 0 Å². The fourth-order valence-electron chi connectivity index (χ4n) is 1.51. The molecule has 0 aliphatic heterocycles. The number of aliphatic hydroxyl groups is 1. The number of hydrogen-bond donors (Lipinski definition) is 2. The molecular weight excluding hydrogens is 264 g/mol. The van der Waals surface area contributed by atoms with Crippen molar-refractivity contribution in [2.75, 3.05) is 13.2 Å². The number of rotatable bonds is 8. The van der Waals surface area contributed by atoms with Gasteiger partial charge in [0.05, 0.1) is 11.0 Å². The molecule has 1 aromatic rings. The van der Waals surface area contributed by atoms with Gasteiger partial charge >= 0.3 is 5.69 Å². The van der Waals surface area contributed by atoms with Gasteiger partial charge in [-0.25, -0.2) is 0 Å². The first-order valence-electron chi connectivity index (χ1n) is 6.35. The molecule has 0 saturated heterocycles. The second kappa shape index (κ2) is 8.11. The van der Waals surface area contributed by atoms with Crippen molar-refractivity contribution in [1.29, 1.82) is 0 Å². The number of para-hydroxylation sites is 2. The molecule has 0 spiro atoms. The van der Waals surface area contributed by atoms with Gasteiger partial charge in [0.15, 0.2) is 12.4 Å². The summed E-state index contributed by atoms with van der Waals surface area (Å²) in [7, 11) is 0. The van der Waals surface area contributed by atoms with Crippen LogP contribution in [0.1, 0.15) is 19.8 Å². The molecule has 0 aliphatic carbocycles. The number of hydrogen-bond acceptors (Lipinski definition) is 5. The molecule has 1 rings (SSSR count). The highest BCUT2D eigenvalue weighted by molar-refractivity contribution is 5.77. The Morgan fingerprint density at radius 1 is 1.50 bits per heavy atom. The topological polar surface area (TPSA) is 102 Å². The first-order valence-corrected chi connectivity index (χ1v) is 6.35. The van der Waals surface area contributed by atoms with Gasteiger partial charge in [0.1, 0.15) is 0 Å². The van der Waals surface area contributed by atoms with E-state index >= 15 is 0 Å². The molecular formula is C13H18N2O5. The number of carbonyl (C=O) groups excluding carboxylic acids is 1. The average Bonchev–Trinajstić information content (AvgIpc) is 2.45. The van der Waals surface area contributed by atoms with Crippen molar-refractivity contribution in [3.8, 4) is 5.75 Å². The number of nitrogens with zero attached hydrogens (tertiary/aromatic N) is 1. The molecule has 0 heterocycles. The van der Waals surface area contributed by atoms with Crippen LogP contribution in [-0.4, -0.2) is 35.2 Å². The second-order valence-corrected chi connectivity index (χ2v) is 4.21. The molecule has 0 aliphatic rings. The predicted octanol–water partition coefficient (Wildman–Crippen LogP) is 1.25. The average molecular weight is 282 g/mol. The lowest BCUT2D eigenvalue weighted by atomic mass is 10.2. The third-order valence-electron chi connectivity index (χ3n) is 2.69. The third-order valence-corrected chi connectivity index (χ3v) is 2.69. The van der Waals surface area contributed by atoms with Gasteiger partial charge in [-0.3, -0.25) is 14.9 Å². The largest absolute Gasteiger partial charge is 0.477 e. The summed E-state index contributed by atoms with van der Waals surface area (Å²) in [6.07, 6.45) is 0.655. The number of nitro groups is 1. The van der Waals surface area contributed by atoms with Gasteiger partial charge in [-0.2, -0.15) is 0 Å². The van der Waals surface area contributed by atoms with Crippen LogP contribution < -0.4 is 10.1 Å². The summed E-state index contributed by atoms with van der Waals surface area (Å²) in [6, 6.07) is 5.87. The van der Waals surface area contributed by atoms with Crippen molar-refractivity contribution in [3.05, 3.63) is 34.4 Å². The van der Waals surface area contributed by atoms with E-state index in [0.717, 1.165) is 0 Å². The predicted molar refractivity (Wildman–Crippen MR) is 72.5 cm³/mol. The summed E-state index contributed by atoms with van der Waals surface area (Å²) < 4.78 is 5.13. The Kier molecular flexibility index (Phi) is 6.45. The lowest BCUT2D eigenvalue weighted by Gasteiger charge is -2.09. The number of aliphatic hydroxyl groups excluding tert-OH is 1. The molecule has 0 fully saturated rings. The first-order chi connectivity index (χ1) is 9.54. The maximum absolute atomic E-state index is 11.5. The zero-order chi connectivity index (χ0) is 15.0. The zero-order valence-corrected chi connectivity index (χ0v) is 11.2. The molecule has 0 radical (unpaired) electrons. The van der Waals surface area contributed by atoms with Crippen LogP contribution in [0.3, 0.4) is 0 Å². The van der Waals surface area contributed by atoms with E-state index in [1.54, 1.807) is 6.07 Å². The summed E-state index contributed by atoms with van der Waals surface area (Å²) in [5.41, 5.74) is -0.179. The van der Waals surface area contributed by atoms with Crippen molar-refractivity contribution in [2.45, 2.75) is 25.9 Å². The molecule has 7 nitrogen and oxygen atoms in total. The molecule has 0 saturated carbocycles. The van der Waals surface area contributed by atoms with Crippen LogP contribution in [0.15, 0.2) is 24.3 Å². The van der Waals surface area contributed by atoms with Crippen molar-refractivity contribution in [3.63, 3.8) is 0 Å². The van der Waals surface area contributed by atoms with E-state index in [4.69, 9.17) is 4.74 Å². The van der Waals surface area contributed by atoms with Gasteiger partial charge < -0.3 is 15.2 Å². The van der Waals surface area contributed by atoms with Gasteiger partial charge in [0, 0.05) is 12.6 Å². The smallest absolute Gasteiger partial charge is 0.310 e. The minimum Gasteiger partial charge on any atom is -0.477 e. The molecule has 1 amide bonds. The molecule has 1 atom stereocenters. The van der Waals surface area contributed by atoms with E-state index in [-0.39, 0.29) is 24.0 Å². The highest BCUT2D eigenvalue weighted by Gasteiger charge is 2.14. The highest BCUT2D eigenvalue weighted by atomic mass is 16.6. The second-order valence-electron chi connectivity index (χ2n) is 4.21. The van der Waals surface area contributed by atoms with E-state index in [2.05, 4.69) is 5.32 Å². The Morgan fingerprint density at radius 3 is 2.85 bits per heavy atom. The fraction of sp³-hybridized carbons (Fsp3) is 0.462. The fourth-order valence-corrected chi connectivity index (χ4v) is 1.51. The van der Waals surface area contributed by atoms with Crippen molar-refractivity contribution in [1.82, 2.24) is 5.32 Å². The number of benzene rings is 1. The molecule has 2 N–H and O–H groups in total. The summed E-state index contributed by atoms with van der Waals surface area (Å²) in [5.74, 6) is -0.326. The number of carbonyl (C=O) groups is 1. The molecule has 7 heteroatoms. The third kappa shape index (κ3) is 5.23. The standard InChI is InChI=1S/C13H18N2O5/c1-2-10(16)7-8-14-13(17)9-20-12-6-4-3-5-11(12)15(18)19/h3-6,10,16H,2,7-9H2,1H3,(H,14,17). The SMILES string of the molecule is CCC(O)CCNC(=O)COc1ccccc1[N+](=O)[O-]. The quantitative estimate of drug-likeness (QED) is 0.552. The Labute approximate surface area is 116 Å². The van der Waals surface area contributed by atoms with Crippen LogP contribution in [0, 0.1) is 10.1 Å². The Bertz CT molecular complexity index is 464. The maximum Gasteiger partial charge on any atom is 0.310 e. The molecule has 0 bridgehead atoms. The number of nitro benzene ring substituents is 1. The Balaban J connectivity index is 2.40. The molecule has 1 aromatic carbocycles. The van der Waals surface area contributed by atoms with Gasteiger partial charge in [-0.05, 0) is 18.9 Å². The van der Waals surface area contributed by atoms with Gasteiger partial charge in [-0.1, -0.05) is 19.1 Å². The molecule has 1 unspecified atom stereocenters. The monoisotopic (exact) mass is 282 g/mol. The summed E-state index contributed by atoms with van der Waals surface area (Å²) in [5, 5.41) is 22.6. The van der Waals surface area contributed by atoms with Crippen molar-refractivity contribution in [2.24, 2.45) is 0 Å². The number of ether oxygens (including phenoxy) is 1. The highest BCUT2D eigenvalue weighted by Crippen LogP contribution is 2.25. The van der Waals surface area contributed by atoms with Crippen molar-refractivity contribution < 1.29 is 19.6 Å². The van der Waals surface area contributed by atoms with Gasteiger partial charge in [0.2, 0.25) is 0 Å². The molecule has 110 valence electrons. The van der Waals surface area contributed by atoms with Crippen molar-refractivity contribution >= 4 is 11.6 Å². The number of nitrogens with one attached hydrogen (secondary N) is 1. The van der Waals surface area contributed by atoms with E-state index in [0.29, 0.717) is 19.4 Å². The van der Waals surface area contributed by atoms with E-state index in [9.17, 15) is 20.0 Å². The normalized spacial score (nSPS) is 11.7. The maximum atomic E-state index is 11.5. The van der Waals surface area contributed by atoms with Crippen LogP contribution >= 0.6 is 0 Å². The van der Waals surface area contributed by atoms with E-state index in [1.807, 2.05) is 6.92 Å². The van der Waals surface area contributed by atoms with Crippen LogP contribution in [0.4, 0.5) is 5.69 Å². The number of amides is 1. The van der Waals surface area contributed by atoms with E-state index in [1.165, 1.54) is 18.2 Å².